The second kappa shape index (κ2) is 5.49. The topological polar surface area (TPSA) is 48.7 Å². The summed E-state index contributed by atoms with van der Waals surface area (Å²) in [6, 6.07) is 5.75. The van der Waals surface area contributed by atoms with E-state index in [1.807, 2.05) is 6.92 Å². The van der Waals surface area contributed by atoms with E-state index in [0.29, 0.717) is 5.56 Å². The van der Waals surface area contributed by atoms with Crippen LogP contribution in [0.25, 0.3) is 0 Å². The van der Waals surface area contributed by atoms with Crippen molar-refractivity contribution >= 4 is 5.82 Å². The summed E-state index contributed by atoms with van der Waals surface area (Å²) in [7, 11) is 0. The molecule has 0 amide bonds. The molecule has 0 aromatic carbocycles. The Kier molecular flexibility index (Phi) is 3.77. The van der Waals surface area contributed by atoms with Gasteiger partial charge in [-0.05, 0) is 44.7 Å². The van der Waals surface area contributed by atoms with E-state index in [1.165, 1.54) is 19.3 Å². The van der Waals surface area contributed by atoms with Gasteiger partial charge in [-0.1, -0.05) is 11.6 Å². The maximum absolute atomic E-state index is 8.87. The van der Waals surface area contributed by atoms with E-state index < -0.39 is 0 Å². The first-order valence-electron chi connectivity index (χ1n) is 6.08. The number of pyridine rings is 1. The number of aromatic nitrogens is 1. The molecule has 0 saturated carbocycles. The number of allylic oxidation sites excluding steroid dienone is 1. The number of nitriles is 1. The molecule has 3 nitrogen and oxygen atoms in total. The fourth-order valence-corrected chi connectivity index (χ4v) is 2.14. The van der Waals surface area contributed by atoms with E-state index in [0.717, 1.165) is 24.5 Å². The molecule has 0 fully saturated rings. The molecule has 2 rings (SSSR count). The summed E-state index contributed by atoms with van der Waals surface area (Å²) in [5.74, 6) is 0.806. The lowest BCUT2D eigenvalue weighted by Gasteiger charge is -2.07. The van der Waals surface area contributed by atoms with Gasteiger partial charge < -0.3 is 5.32 Å². The predicted octanol–water partition coefficient (Wildman–Crippen LogP) is 3.17. The minimum Gasteiger partial charge on any atom is -0.370 e. The van der Waals surface area contributed by atoms with Gasteiger partial charge in [-0.3, -0.25) is 0 Å². The quantitative estimate of drug-likeness (QED) is 0.804. The fourth-order valence-electron chi connectivity index (χ4n) is 2.14. The molecule has 1 aliphatic rings. The molecule has 0 bridgehead atoms. The van der Waals surface area contributed by atoms with Crippen molar-refractivity contribution in [3.63, 3.8) is 0 Å². The van der Waals surface area contributed by atoms with E-state index in [4.69, 9.17) is 5.26 Å². The molecule has 1 heterocycles. The molecule has 0 spiro atoms. The predicted molar refractivity (Wildman–Crippen MR) is 68.7 cm³/mol. The molecule has 0 unspecified atom stereocenters. The smallest absolute Gasteiger partial charge is 0.127 e. The molecule has 3 heteroatoms. The van der Waals surface area contributed by atoms with Gasteiger partial charge in [0.05, 0.1) is 11.6 Å². The van der Waals surface area contributed by atoms with Gasteiger partial charge in [0.2, 0.25) is 0 Å². The second-order valence-electron chi connectivity index (χ2n) is 4.43. The third-order valence-corrected chi connectivity index (χ3v) is 2.97. The number of hydrogen-bond acceptors (Lipinski definition) is 3. The molecule has 1 aromatic heterocycles. The highest BCUT2D eigenvalue weighted by Gasteiger charge is 2.04. The van der Waals surface area contributed by atoms with Crippen LogP contribution in [0.4, 0.5) is 5.82 Å². The van der Waals surface area contributed by atoms with Crippen molar-refractivity contribution in [2.45, 2.75) is 32.6 Å². The van der Waals surface area contributed by atoms with Gasteiger partial charge in [0.15, 0.2) is 0 Å². The van der Waals surface area contributed by atoms with Crippen LogP contribution < -0.4 is 5.32 Å². The Morgan fingerprint density at radius 2 is 2.35 bits per heavy atom. The minimum atomic E-state index is 0.667. The number of nitrogens with zero attached hydrogens (tertiary/aromatic N) is 2. The Labute approximate surface area is 102 Å². The van der Waals surface area contributed by atoms with E-state index in [2.05, 4.69) is 22.4 Å². The van der Waals surface area contributed by atoms with Crippen LogP contribution in [0.1, 0.15) is 36.9 Å². The van der Waals surface area contributed by atoms with Gasteiger partial charge in [-0.15, -0.1) is 0 Å². The molecule has 88 valence electrons. The number of aryl methyl sites for hydroxylation is 1. The maximum atomic E-state index is 8.87. The van der Waals surface area contributed by atoms with Crippen molar-refractivity contribution in [1.29, 1.82) is 5.26 Å². The first kappa shape index (κ1) is 11.7. The third-order valence-electron chi connectivity index (χ3n) is 2.97. The summed E-state index contributed by atoms with van der Waals surface area (Å²) in [6.45, 7) is 2.80. The zero-order chi connectivity index (χ0) is 12.1. The molecule has 1 N–H and O–H groups in total. The van der Waals surface area contributed by atoms with E-state index in [-0.39, 0.29) is 0 Å². The third kappa shape index (κ3) is 3.32. The summed E-state index contributed by atoms with van der Waals surface area (Å²) in [5, 5.41) is 12.2. The fraction of sp³-hybridized carbons (Fsp3) is 0.429. The maximum Gasteiger partial charge on any atom is 0.127 e. The molecular formula is C14H17N3. The highest BCUT2D eigenvalue weighted by atomic mass is 15.0. The highest BCUT2D eigenvalue weighted by molar-refractivity contribution is 5.44. The minimum absolute atomic E-state index is 0.667. The average Bonchev–Trinajstić information content (AvgIpc) is 2.81. The van der Waals surface area contributed by atoms with Gasteiger partial charge in [0.25, 0.3) is 0 Å². The Morgan fingerprint density at radius 1 is 1.47 bits per heavy atom. The van der Waals surface area contributed by atoms with Gasteiger partial charge in [-0.2, -0.15) is 5.26 Å². The van der Waals surface area contributed by atoms with Crippen LogP contribution in [0.3, 0.4) is 0 Å². The van der Waals surface area contributed by atoms with Gasteiger partial charge in [-0.25, -0.2) is 4.98 Å². The van der Waals surface area contributed by atoms with E-state index in [9.17, 15) is 0 Å². The molecule has 1 aliphatic carbocycles. The van der Waals surface area contributed by atoms with Crippen molar-refractivity contribution in [2.24, 2.45) is 0 Å². The van der Waals surface area contributed by atoms with Gasteiger partial charge in [0, 0.05) is 12.2 Å². The second-order valence-corrected chi connectivity index (χ2v) is 4.43. The number of nitrogens with one attached hydrogen (secondary N) is 1. The number of anilines is 1. The Balaban J connectivity index is 1.90. The van der Waals surface area contributed by atoms with Crippen molar-refractivity contribution in [1.82, 2.24) is 4.98 Å². The Bertz CT molecular complexity index is 469. The van der Waals surface area contributed by atoms with Crippen LogP contribution in [0.5, 0.6) is 0 Å². The molecule has 0 aliphatic heterocycles. The van der Waals surface area contributed by atoms with Crippen LogP contribution in [-0.4, -0.2) is 11.5 Å². The first-order chi connectivity index (χ1) is 8.28. The van der Waals surface area contributed by atoms with Crippen LogP contribution in [0.2, 0.25) is 0 Å². The monoisotopic (exact) mass is 227 g/mol. The molecule has 0 radical (unpaired) electrons. The SMILES string of the molecule is Cc1cc(C#N)cc(NCCC2=CCCC2)n1. The number of rotatable bonds is 4. The highest BCUT2D eigenvalue weighted by Crippen LogP contribution is 2.20. The molecule has 1 aromatic rings. The normalized spacial score (nSPS) is 14.2. The van der Waals surface area contributed by atoms with E-state index >= 15 is 0 Å². The lowest BCUT2D eigenvalue weighted by Crippen LogP contribution is -2.05. The van der Waals surface area contributed by atoms with Crippen molar-refractivity contribution in [2.75, 3.05) is 11.9 Å². The van der Waals surface area contributed by atoms with Crippen LogP contribution >= 0.6 is 0 Å². The first-order valence-corrected chi connectivity index (χ1v) is 6.08. The standard InChI is InChI=1S/C14H17N3/c1-11-8-13(10-15)9-14(17-11)16-7-6-12-4-2-3-5-12/h4,8-9H,2-3,5-7H2,1H3,(H,16,17). The molecule has 0 atom stereocenters. The van der Waals surface area contributed by atoms with Gasteiger partial charge in [0.1, 0.15) is 5.82 Å². The van der Waals surface area contributed by atoms with Crippen molar-refractivity contribution in [3.8, 4) is 6.07 Å². The van der Waals surface area contributed by atoms with Crippen molar-refractivity contribution in [3.05, 3.63) is 35.0 Å². The summed E-state index contributed by atoms with van der Waals surface area (Å²) in [5.41, 5.74) is 3.09. The zero-order valence-electron chi connectivity index (χ0n) is 10.2. The largest absolute Gasteiger partial charge is 0.370 e. The summed E-state index contributed by atoms with van der Waals surface area (Å²) in [6.07, 6.45) is 7.20. The molecule has 17 heavy (non-hydrogen) atoms. The lowest BCUT2D eigenvalue weighted by molar-refractivity contribution is 0.861. The summed E-state index contributed by atoms with van der Waals surface area (Å²) >= 11 is 0. The van der Waals surface area contributed by atoms with Crippen LogP contribution in [0, 0.1) is 18.3 Å². The summed E-state index contributed by atoms with van der Waals surface area (Å²) in [4.78, 5) is 4.36. The van der Waals surface area contributed by atoms with E-state index in [1.54, 1.807) is 17.7 Å². The van der Waals surface area contributed by atoms with Gasteiger partial charge >= 0.3 is 0 Å². The zero-order valence-corrected chi connectivity index (χ0v) is 10.2. The Morgan fingerprint density at radius 3 is 3.06 bits per heavy atom. The van der Waals surface area contributed by atoms with Crippen LogP contribution in [-0.2, 0) is 0 Å². The molecule has 0 saturated heterocycles. The lowest BCUT2D eigenvalue weighted by atomic mass is 10.1. The van der Waals surface area contributed by atoms with Crippen molar-refractivity contribution < 1.29 is 0 Å². The number of hydrogen-bond donors (Lipinski definition) is 1. The molecular weight excluding hydrogens is 210 g/mol. The average molecular weight is 227 g/mol. The Hall–Kier alpha value is -1.82. The summed E-state index contributed by atoms with van der Waals surface area (Å²) < 4.78 is 0. The van der Waals surface area contributed by atoms with Crippen LogP contribution in [0.15, 0.2) is 23.8 Å².